The van der Waals surface area contributed by atoms with Gasteiger partial charge < -0.3 is 14.8 Å². The molecule has 3 rings (SSSR count). The minimum Gasteiger partial charge on any atom is -0.496 e. The van der Waals surface area contributed by atoms with Gasteiger partial charge in [0.05, 0.1) is 25.6 Å². The normalized spacial score (nSPS) is 17.5. The van der Waals surface area contributed by atoms with Crippen molar-refractivity contribution in [2.24, 2.45) is 5.92 Å². The fraction of sp³-hybridized carbons (Fsp3) is 0.353. The Morgan fingerprint density at radius 1 is 1.36 bits per heavy atom. The molecule has 1 fully saturated rings. The van der Waals surface area contributed by atoms with E-state index in [0.717, 1.165) is 43.0 Å². The summed E-state index contributed by atoms with van der Waals surface area (Å²) in [5, 5.41) is 3.43. The van der Waals surface area contributed by atoms with Crippen molar-refractivity contribution in [2.45, 2.75) is 6.42 Å². The Bertz CT molecular complexity index is 642. The molecule has 0 aliphatic carbocycles. The number of nitrogens with zero attached hydrogens (tertiary/aromatic N) is 1. The summed E-state index contributed by atoms with van der Waals surface area (Å²) in [6, 6.07) is 6.47. The molecule has 0 radical (unpaired) electrons. The van der Waals surface area contributed by atoms with Gasteiger partial charge in [-0.05, 0) is 24.6 Å². The molecular weight excluding hydrogens is 283 g/mol. The maximum absolute atomic E-state index is 13.4. The van der Waals surface area contributed by atoms with Gasteiger partial charge in [-0.25, -0.2) is 4.39 Å². The first-order valence-electron chi connectivity index (χ1n) is 7.37. The van der Waals surface area contributed by atoms with Crippen molar-refractivity contribution in [3.63, 3.8) is 0 Å². The van der Waals surface area contributed by atoms with Crippen LogP contribution in [0, 0.1) is 11.7 Å². The summed E-state index contributed by atoms with van der Waals surface area (Å²) in [5.41, 5.74) is 2.71. The number of methoxy groups -OCH3 is 1. The molecule has 1 N–H and O–H groups in total. The van der Waals surface area contributed by atoms with Gasteiger partial charge in [-0.15, -0.1) is 0 Å². The van der Waals surface area contributed by atoms with Crippen molar-refractivity contribution in [3.8, 4) is 16.9 Å². The van der Waals surface area contributed by atoms with Crippen LogP contribution in [-0.4, -0.2) is 31.9 Å². The summed E-state index contributed by atoms with van der Waals surface area (Å²) < 4.78 is 24.1. The molecule has 1 aliphatic heterocycles. The van der Waals surface area contributed by atoms with Crippen LogP contribution in [0.3, 0.4) is 0 Å². The molecule has 2 aromatic rings. The smallest absolute Gasteiger partial charge is 0.129 e. The molecule has 0 amide bonds. The number of aromatic nitrogens is 1. The monoisotopic (exact) mass is 302 g/mol. The molecule has 1 saturated heterocycles. The maximum Gasteiger partial charge on any atom is 0.129 e. The number of rotatable bonds is 5. The molecular formula is C17H19FN2O2. The number of hydrogen-bond donors (Lipinski definition) is 1. The van der Waals surface area contributed by atoms with Gasteiger partial charge in [0.15, 0.2) is 0 Å². The lowest BCUT2D eigenvalue weighted by atomic mass is 10.0. The third kappa shape index (κ3) is 3.20. The van der Waals surface area contributed by atoms with E-state index in [0.29, 0.717) is 11.7 Å². The molecule has 0 saturated carbocycles. The summed E-state index contributed by atoms with van der Waals surface area (Å²) in [6.45, 7) is 2.46. The Labute approximate surface area is 129 Å². The zero-order valence-electron chi connectivity index (χ0n) is 12.5. The summed E-state index contributed by atoms with van der Waals surface area (Å²) in [6.07, 6.45) is 4.58. The highest BCUT2D eigenvalue weighted by Crippen LogP contribution is 2.35. The zero-order chi connectivity index (χ0) is 15.4. The lowest BCUT2D eigenvalue weighted by Gasteiger charge is -2.16. The molecule has 1 aromatic carbocycles. The zero-order valence-corrected chi connectivity index (χ0v) is 12.5. The molecule has 0 bridgehead atoms. The van der Waals surface area contributed by atoms with E-state index in [1.54, 1.807) is 25.6 Å². The fourth-order valence-electron chi connectivity index (χ4n) is 2.66. The molecule has 2 heterocycles. The van der Waals surface area contributed by atoms with Crippen LogP contribution in [0.15, 0.2) is 36.7 Å². The van der Waals surface area contributed by atoms with Crippen molar-refractivity contribution in [1.29, 1.82) is 0 Å². The van der Waals surface area contributed by atoms with Gasteiger partial charge in [-0.1, -0.05) is 0 Å². The Kier molecular flexibility index (Phi) is 4.53. The average molecular weight is 302 g/mol. The van der Waals surface area contributed by atoms with Crippen LogP contribution >= 0.6 is 0 Å². The van der Waals surface area contributed by atoms with Gasteiger partial charge in [0.2, 0.25) is 0 Å². The van der Waals surface area contributed by atoms with E-state index in [9.17, 15) is 4.39 Å². The second-order valence-electron chi connectivity index (χ2n) is 5.38. The van der Waals surface area contributed by atoms with Crippen LogP contribution in [0.25, 0.3) is 11.1 Å². The molecule has 1 unspecified atom stereocenters. The van der Waals surface area contributed by atoms with Crippen LogP contribution in [-0.2, 0) is 4.74 Å². The number of pyridine rings is 1. The van der Waals surface area contributed by atoms with Crippen molar-refractivity contribution in [2.75, 3.05) is 32.2 Å². The van der Waals surface area contributed by atoms with Crippen molar-refractivity contribution < 1.29 is 13.9 Å². The van der Waals surface area contributed by atoms with E-state index >= 15 is 0 Å². The molecule has 1 atom stereocenters. The second kappa shape index (κ2) is 6.75. The Balaban J connectivity index is 1.87. The first-order valence-corrected chi connectivity index (χ1v) is 7.37. The quantitative estimate of drug-likeness (QED) is 0.920. The van der Waals surface area contributed by atoms with Crippen molar-refractivity contribution in [1.82, 2.24) is 4.98 Å². The first kappa shape index (κ1) is 14.8. The van der Waals surface area contributed by atoms with Crippen molar-refractivity contribution >= 4 is 5.69 Å². The molecule has 1 aromatic heterocycles. The number of nitrogens with one attached hydrogen (secondary N) is 1. The van der Waals surface area contributed by atoms with Gasteiger partial charge in [0.25, 0.3) is 0 Å². The summed E-state index contributed by atoms with van der Waals surface area (Å²) >= 11 is 0. The summed E-state index contributed by atoms with van der Waals surface area (Å²) in [5.74, 6) is 0.717. The van der Waals surface area contributed by atoms with E-state index in [2.05, 4.69) is 10.3 Å². The topological polar surface area (TPSA) is 43.4 Å². The predicted molar refractivity (Wildman–Crippen MR) is 83.6 cm³/mol. The van der Waals surface area contributed by atoms with Crippen LogP contribution < -0.4 is 10.1 Å². The first-order chi connectivity index (χ1) is 10.8. The number of ether oxygens (including phenoxy) is 2. The molecule has 0 spiro atoms. The van der Waals surface area contributed by atoms with Crippen LogP contribution in [0.2, 0.25) is 0 Å². The summed E-state index contributed by atoms with van der Waals surface area (Å²) in [7, 11) is 1.54. The molecule has 4 nitrogen and oxygen atoms in total. The number of halogens is 1. The Morgan fingerprint density at radius 2 is 2.27 bits per heavy atom. The largest absolute Gasteiger partial charge is 0.496 e. The lowest BCUT2D eigenvalue weighted by molar-refractivity contribution is 0.187. The lowest BCUT2D eigenvalue weighted by Crippen LogP contribution is -2.14. The Morgan fingerprint density at radius 3 is 3.05 bits per heavy atom. The van der Waals surface area contributed by atoms with E-state index in [1.165, 1.54) is 12.1 Å². The Hall–Kier alpha value is -2.14. The van der Waals surface area contributed by atoms with E-state index < -0.39 is 0 Å². The van der Waals surface area contributed by atoms with Crippen molar-refractivity contribution in [3.05, 3.63) is 42.5 Å². The van der Waals surface area contributed by atoms with Gasteiger partial charge >= 0.3 is 0 Å². The highest BCUT2D eigenvalue weighted by atomic mass is 19.1. The van der Waals surface area contributed by atoms with Crippen LogP contribution in [0.5, 0.6) is 5.75 Å². The predicted octanol–water partition coefficient (Wildman–Crippen LogP) is 3.34. The molecule has 5 heteroatoms. The maximum atomic E-state index is 13.4. The molecule has 116 valence electrons. The fourth-order valence-corrected chi connectivity index (χ4v) is 2.66. The highest BCUT2D eigenvalue weighted by Gasteiger charge is 2.17. The second-order valence-corrected chi connectivity index (χ2v) is 5.38. The minimum absolute atomic E-state index is 0.313. The highest BCUT2D eigenvalue weighted by molar-refractivity contribution is 5.81. The van der Waals surface area contributed by atoms with Gasteiger partial charge in [0, 0.05) is 42.5 Å². The average Bonchev–Trinajstić information content (AvgIpc) is 3.06. The molecule has 22 heavy (non-hydrogen) atoms. The van der Waals surface area contributed by atoms with Crippen LogP contribution in [0.1, 0.15) is 6.42 Å². The van der Waals surface area contributed by atoms with Crippen LogP contribution in [0.4, 0.5) is 10.1 Å². The SMILES string of the molecule is COc1cc(F)ccc1-c1ccncc1NCC1CCOC1. The van der Waals surface area contributed by atoms with Gasteiger partial charge in [0.1, 0.15) is 11.6 Å². The standard InChI is InChI=1S/C17H19FN2O2/c1-21-17-8-13(18)2-3-15(17)14-4-6-19-10-16(14)20-9-12-5-7-22-11-12/h2-4,6,8,10,12,20H,5,7,9,11H2,1H3. The third-order valence-electron chi connectivity index (χ3n) is 3.88. The summed E-state index contributed by atoms with van der Waals surface area (Å²) in [4.78, 5) is 4.18. The third-order valence-corrected chi connectivity index (χ3v) is 3.88. The molecule has 1 aliphatic rings. The van der Waals surface area contributed by atoms with E-state index in [1.807, 2.05) is 6.07 Å². The number of anilines is 1. The van der Waals surface area contributed by atoms with E-state index in [4.69, 9.17) is 9.47 Å². The minimum atomic E-state index is -0.313. The number of benzene rings is 1. The van der Waals surface area contributed by atoms with E-state index in [-0.39, 0.29) is 5.82 Å². The number of hydrogen-bond acceptors (Lipinski definition) is 4. The van der Waals surface area contributed by atoms with Gasteiger partial charge in [-0.2, -0.15) is 0 Å². The van der Waals surface area contributed by atoms with Gasteiger partial charge in [-0.3, -0.25) is 4.98 Å².